The van der Waals surface area contributed by atoms with Gasteiger partial charge in [-0.2, -0.15) is 0 Å². The number of nitrogens with one attached hydrogen (secondary N) is 1. The Morgan fingerprint density at radius 2 is 1.65 bits per heavy atom. The molecule has 2 aromatic rings. The topological polar surface area (TPSA) is 93.7 Å². The van der Waals surface area contributed by atoms with Gasteiger partial charge in [0.15, 0.2) is 11.5 Å². The van der Waals surface area contributed by atoms with Gasteiger partial charge in [-0.3, -0.25) is 4.72 Å². The number of benzene rings is 1. The number of hydrogen-bond donors (Lipinski definition) is 1. The monoisotopic (exact) mass is 376 g/mol. The number of nitrogens with zero attached hydrogens (tertiary/aromatic N) is 3. The van der Waals surface area contributed by atoms with E-state index in [-0.39, 0.29) is 4.90 Å². The fraction of sp³-hybridized carbons (Fsp3) is 0.412. The van der Waals surface area contributed by atoms with Crippen LogP contribution in [0.25, 0.3) is 0 Å². The van der Waals surface area contributed by atoms with Gasteiger partial charge in [-0.05, 0) is 25.0 Å². The second-order valence-corrected chi connectivity index (χ2v) is 7.91. The molecule has 2 aliphatic heterocycles. The first-order chi connectivity index (χ1) is 12.6. The second kappa shape index (κ2) is 6.99. The SMILES string of the molecule is O=S(=O)(Nc1cnc(N2CCCC2)nc1)c1ccc2c(c1)OCCCO2. The molecule has 0 saturated carbocycles. The Morgan fingerprint density at radius 1 is 0.962 bits per heavy atom. The molecule has 1 aromatic heterocycles. The maximum Gasteiger partial charge on any atom is 0.262 e. The zero-order chi connectivity index (χ0) is 18.0. The highest BCUT2D eigenvalue weighted by atomic mass is 32.2. The summed E-state index contributed by atoms with van der Waals surface area (Å²) in [6, 6.07) is 4.58. The van der Waals surface area contributed by atoms with Crippen LogP contribution in [0.3, 0.4) is 0 Å². The van der Waals surface area contributed by atoms with E-state index in [9.17, 15) is 8.42 Å². The van der Waals surface area contributed by atoms with Crippen molar-refractivity contribution in [3.63, 3.8) is 0 Å². The summed E-state index contributed by atoms with van der Waals surface area (Å²) >= 11 is 0. The third kappa shape index (κ3) is 3.52. The van der Waals surface area contributed by atoms with Crippen LogP contribution in [0.1, 0.15) is 19.3 Å². The van der Waals surface area contributed by atoms with E-state index in [2.05, 4.69) is 19.6 Å². The normalized spacial score (nSPS) is 17.0. The largest absolute Gasteiger partial charge is 0.490 e. The van der Waals surface area contributed by atoms with E-state index < -0.39 is 10.0 Å². The van der Waals surface area contributed by atoms with Gasteiger partial charge in [0, 0.05) is 25.6 Å². The minimum Gasteiger partial charge on any atom is -0.490 e. The molecule has 0 atom stereocenters. The molecule has 1 N–H and O–H groups in total. The predicted octanol–water partition coefficient (Wildman–Crippen LogP) is 2.04. The predicted molar refractivity (Wildman–Crippen MR) is 96.3 cm³/mol. The molecule has 138 valence electrons. The number of ether oxygens (including phenoxy) is 2. The van der Waals surface area contributed by atoms with Crippen molar-refractivity contribution in [2.24, 2.45) is 0 Å². The molecular weight excluding hydrogens is 356 g/mol. The van der Waals surface area contributed by atoms with E-state index in [1.54, 1.807) is 6.07 Å². The van der Waals surface area contributed by atoms with E-state index >= 15 is 0 Å². The van der Waals surface area contributed by atoms with Gasteiger partial charge in [-0.15, -0.1) is 0 Å². The molecule has 0 spiro atoms. The Balaban J connectivity index is 1.52. The molecule has 0 bridgehead atoms. The van der Waals surface area contributed by atoms with Crippen molar-refractivity contribution in [1.82, 2.24) is 9.97 Å². The van der Waals surface area contributed by atoms with E-state index in [1.165, 1.54) is 24.5 Å². The van der Waals surface area contributed by atoms with Crippen LogP contribution in [-0.2, 0) is 10.0 Å². The van der Waals surface area contributed by atoms with Crippen LogP contribution in [0.5, 0.6) is 11.5 Å². The number of hydrogen-bond acceptors (Lipinski definition) is 7. The Hall–Kier alpha value is -2.55. The van der Waals surface area contributed by atoms with Crippen LogP contribution in [0.15, 0.2) is 35.5 Å². The maximum absolute atomic E-state index is 12.6. The number of sulfonamides is 1. The molecule has 0 radical (unpaired) electrons. The number of fused-ring (bicyclic) bond motifs is 1. The standard InChI is InChI=1S/C17H20N4O4S/c22-26(23,14-4-5-15-16(10-14)25-9-3-8-24-15)20-13-11-18-17(19-12-13)21-6-1-2-7-21/h4-5,10-12,20H,1-3,6-9H2. The van der Waals surface area contributed by atoms with Gasteiger partial charge in [0.05, 0.1) is 36.2 Å². The van der Waals surface area contributed by atoms with E-state index in [0.717, 1.165) is 32.4 Å². The van der Waals surface area contributed by atoms with Gasteiger partial charge in [-0.25, -0.2) is 18.4 Å². The number of aromatic nitrogens is 2. The lowest BCUT2D eigenvalue weighted by atomic mass is 10.3. The molecule has 4 rings (SSSR count). The van der Waals surface area contributed by atoms with Crippen molar-refractivity contribution >= 4 is 21.7 Å². The van der Waals surface area contributed by atoms with Crippen molar-refractivity contribution in [2.75, 3.05) is 35.9 Å². The Kier molecular flexibility index (Phi) is 4.54. The van der Waals surface area contributed by atoms with Crippen molar-refractivity contribution in [3.8, 4) is 11.5 Å². The molecule has 0 amide bonds. The van der Waals surface area contributed by atoms with E-state index in [1.807, 2.05) is 0 Å². The van der Waals surface area contributed by atoms with Crippen LogP contribution in [0.4, 0.5) is 11.6 Å². The molecule has 2 aliphatic rings. The Morgan fingerprint density at radius 3 is 2.38 bits per heavy atom. The highest BCUT2D eigenvalue weighted by Gasteiger charge is 2.20. The molecule has 0 aliphatic carbocycles. The third-order valence-electron chi connectivity index (χ3n) is 4.31. The summed E-state index contributed by atoms with van der Waals surface area (Å²) in [7, 11) is -3.77. The lowest BCUT2D eigenvalue weighted by Crippen LogP contribution is -2.20. The van der Waals surface area contributed by atoms with Crippen molar-refractivity contribution in [1.29, 1.82) is 0 Å². The summed E-state index contributed by atoms with van der Waals surface area (Å²) in [4.78, 5) is 10.7. The molecule has 3 heterocycles. The summed E-state index contributed by atoms with van der Waals surface area (Å²) in [5.41, 5.74) is 0.319. The van der Waals surface area contributed by atoms with Crippen LogP contribution in [0, 0.1) is 0 Å². The zero-order valence-corrected chi connectivity index (χ0v) is 15.0. The molecule has 1 fully saturated rings. The highest BCUT2D eigenvalue weighted by molar-refractivity contribution is 7.92. The highest BCUT2D eigenvalue weighted by Crippen LogP contribution is 2.32. The summed E-state index contributed by atoms with van der Waals surface area (Å²) in [5, 5.41) is 0. The van der Waals surface area contributed by atoms with E-state index in [0.29, 0.717) is 36.3 Å². The van der Waals surface area contributed by atoms with Crippen molar-refractivity contribution in [3.05, 3.63) is 30.6 Å². The first-order valence-electron chi connectivity index (χ1n) is 8.61. The smallest absolute Gasteiger partial charge is 0.262 e. The van der Waals surface area contributed by atoms with Gasteiger partial charge in [0.25, 0.3) is 10.0 Å². The summed E-state index contributed by atoms with van der Waals surface area (Å²) in [6.45, 7) is 2.92. The van der Waals surface area contributed by atoms with Crippen molar-refractivity contribution in [2.45, 2.75) is 24.2 Å². The lowest BCUT2D eigenvalue weighted by molar-refractivity contribution is 0.297. The zero-order valence-electron chi connectivity index (χ0n) is 14.2. The van der Waals surface area contributed by atoms with Crippen LogP contribution in [-0.4, -0.2) is 44.7 Å². The van der Waals surface area contributed by atoms with E-state index in [4.69, 9.17) is 9.47 Å². The van der Waals surface area contributed by atoms with Crippen LogP contribution in [0.2, 0.25) is 0 Å². The second-order valence-electron chi connectivity index (χ2n) is 6.23. The van der Waals surface area contributed by atoms with Gasteiger partial charge in [0.1, 0.15) is 0 Å². The fourth-order valence-corrected chi connectivity index (χ4v) is 4.02. The van der Waals surface area contributed by atoms with Gasteiger partial charge < -0.3 is 14.4 Å². The van der Waals surface area contributed by atoms with Crippen molar-refractivity contribution < 1.29 is 17.9 Å². The molecule has 26 heavy (non-hydrogen) atoms. The first-order valence-corrected chi connectivity index (χ1v) is 10.1. The molecule has 1 aromatic carbocycles. The minimum absolute atomic E-state index is 0.102. The molecule has 8 nitrogen and oxygen atoms in total. The van der Waals surface area contributed by atoms with Gasteiger partial charge in [-0.1, -0.05) is 0 Å². The Labute approximate surface area is 152 Å². The average molecular weight is 376 g/mol. The maximum atomic E-state index is 12.6. The quantitative estimate of drug-likeness (QED) is 0.873. The minimum atomic E-state index is -3.77. The molecule has 1 saturated heterocycles. The summed E-state index contributed by atoms with van der Waals surface area (Å²) < 4.78 is 38.9. The molecule has 0 unspecified atom stereocenters. The number of anilines is 2. The molecule has 9 heteroatoms. The fourth-order valence-electron chi connectivity index (χ4n) is 2.98. The molecular formula is C17H20N4O4S. The summed E-state index contributed by atoms with van der Waals surface area (Å²) in [5.74, 6) is 1.62. The van der Waals surface area contributed by atoms with Gasteiger partial charge in [0.2, 0.25) is 5.95 Å². The number of rotatable bonds is 4. The lowest BCUT2D eigenvalue weighted by Gasteiger charge is -2.15. The van der Waals surface area contributed by atoms with Crippen LogP contribution >= 0.6 is 0 Å². The summed E-state index contributed by atoms with van der Waals surface area (Å²) in [6.07, 6.45) is 5.99. The average Bonchev–Trinajstić information content (AvgIpc) is 3.07. The van der Waals surface area contributed by atoms with Crippen LogP contribution < -0.4 is 19.1 Å². The Bertz CT molecular complexity index is 880. The third-order valence-corrected chi connectivity index (χ3v) is 5.69. The van der Waals surface area contributed by atoms with Gasteiger partial charge >= 0.3 is 0 Å². The first kappa shape index (κ1) is 16.9.